The Morgan fingerprint density at radius 3 is 2.62 bits per heavy atom. The summed E-state index contributed by atoms with van der Waals surface area (Å²) in [6.45, 7) is 5.44. The summed E-state index contributed by atoms with van der Waals surface area (Å²) in [6.07, 6.45) is -0.297. The molecule has 10 heteroatoms. The van der Waals surface area contributed by atoms with Crippen LogP contribution in [0.1, 0.15) is 45.3 Å². The van der Waals surface area contributed by atoms with Crippen molar-refractivity contribution in [2.45, 2.75) is 44.9 Å². The van der Waals surface area contributed by atoms with Crippen molar-refractivity contribution in [1.82, 2.24) is 10.1 Å². The van der Waals surface area contributed by atoms with Gasteiger partial charge in [-0.1, -0.05) is 56.3 Å². The standard InChI is InChI=1S/C24H23ClN4O4S/c1-4-19(30)28-17-10-8-7-9-15(17)21-22(32)26-24(34-6-3)27-29(21)23(28)14-11-12-18(16(25)13-14)33-20(31)5-2/h7-13,23H,4-6H2,1-3H3/p+1/t23-/m1/s1. The molecule has 0 unspecified atom stereocenters. The molecule has 2 heterocycles. The van der Waals surface area contributed by atoms with E-state index in [0.717, 1.165) is 0 Å². The maximum atomic E-state index is 13.2. The van der Waals surface area contributed by atoms with Gasteiger partial charge in [-0.25, -0.2) is 4.90 Å². The minimum Gasteiger partial charge on any atom is -0.425 e. The Morgan fingerprint density at radius 2 is 1.94 bits per heavy atom. The molecule has 1 aromatic heterocycles. The largest absolute Gasteiger partial charge is 0.425 e. The summed E-state index contributed by atoms with van der Waals surface area (Å²) in [4.78, 5) is 42.7. The number of anilines is 1. The van der Waals surface area contributed by atoms with Gasteiger partial charge in [0.15, 0.2) is 0 Å². The number of H-pyrrole nitrogens is 1. The second-order valence-corrected chi connectivity index (χ2v) is 9.17. The van der Waals surface area contributed by atoms with Crippen molar-refractivity contribution in [2.75, 3.05) is 10.7 Å². The number of halogens is 1. The number of aromatic amines is 1. The Hall–Kier alpha value is -3.17. The molecule has 0 spiro atoms. The van der Waals surface area contributed by atoms with E-state index in [1.807, 2.05) is 25.1 Å². The van der Waals surface area contributed by atoms with Gasteiger partial charge in [0.1, 0.15) is 5.75 Å². The van der Waals surface area contributed by atoms with Gasteiger partial charge in [-0.05, 0) is 40.8 Å². The summed E-state index contributed by atoms with van der Waals surface area (Å²) in [5.74, 6) is 0.399. The van der Waals surface area contributed by atoms with Crippen LogP contribution in [0.5, 0.6) is 5.75 Å². The lowest BCUT2D eigenvalue weighted by molar-refractivity contribution is -0.763. The topological polar surface area (TPSA) is 96.2 Å². The van der Waals surface area contributed by atoms with E-state index in [1.165, 1.54) is 11.8 Å². The molecular formula is C24H24ClN4O4S+. The molecule has 1 aliphatic heterocycles. The lowest BCUT2D eigenvalue weighted by atomic mass is 10.0. The van der Waals surface area contributed by atoms with E-state index in [0.29, 0.717) is 33.4 Å². The third-order valence-electron chi connectivity index (χ3n) is 5.38. The molecule has 2 aromatic carbocycles. The second kappa shape index (κ2) is 9.99. The fourth-order valence-electron chi connectivity index (χ4n) is 3.87. The zero-order chi connectivity index (χ0) is 24.4. The molecule has 0 radical (unpaired) electrons. The number of hydrogen-bond donors (Lipinski definition) is 1. The van der Waals surface area contributed by atoms with Gasteiger partial charge in [0.25, 0.3) is 6.17 Å². The Bertz CT molecular complexity index is 1330. The zero-order valence-corrected chi connectivity index (χ0v) is 20.6. The number of carbonyl (C=O) groups is 2. The van der Waals surface area contributed by atoms with Gasteiger partial charge in [0, 0.05) is 23.5 Å². The van der Waals surface area contributed by atoms with Gasteiger partial charge < -0.3 is 4.74 Å². The summed E-state index contributed by atoms with van der Waals surface area (Å²) in [5.41, 5.74) is 1.89. The monoisotopic (exact) mass is 499 g/mol. The van der Waals surface area contributed by atoms with Crippen molar-refractivity contribution in [3.63, 3.8) is 0 Å². The van der Waals surface area contributed by atoms with Crippen LogP contribution >= 0.6 is 23.4 Å². The van der Waals surface area contributed by atoms with Gasteiger partial charge >= 0.3 is 17.2 Å². The zero-order valence-electron chi connectivity index (χ0n) is 19.0. The van der Waals surface area contributed by atoms with Crippen LogP contribution in [0.25, 0.3) is 11.3 Å². The number of aromatic nitrogens is 3. The average molecular weight is 500 g/mol. The number of amides is 1. The number of esters is 1. The number of para-hydroxylation sites is 1. The van der Waals surface area contributed by atoms with Crippen LogP contribution in [0.15, 0.2) is 52.4 Å². The van der Waals surface area contributed by atoms with Crippen molar-refractivity contribution < 1.29 is 19.0 Å². The van der Waals surface area contributed by atoms with Crippen LogP contribution in [-0.2, 0) is 9.59 Å². The number of nitrogens with one attached hydrogen (secondary N) is 1. The normalized spacial score (nSPS) is 14.4. The highest BCUT2D eigenvalue weighted by atomic mass is 35.5. The molecule has 0 bridgehead atoms. The van der Waals surface area contributed by atoms with Crippen LogP contribution in [0.3, 0.4) is 0 Å². The van der Waals surface area contributed by atoms with Gasteiger partial charge in [0.05, 0.1) is 16.3 Å². The number of fused-ring (bicyclic) bond motifs is 3. The maximum absolute atomic E-state index is 13.2. The molecule has 8 nitrogen and oxygen atoms in total. The van der Waals surface area contributed by atoms with Gasteiger partial charge in [0.2, 0.25) is 11.1 Å². The Balaban J connectivity index is 1.97. The summed E-state index contributed by atoms with van der Waals surface area (Å²) in [7, 11) is 0. The van der Waals surface area contributed by atoms with Crippen molar-refractivity contribution in [1.29, 1.82) is 0 Å². The number of carbonyl (C=O) groups excluding carboxylic acids is 2. The molecule has 4 rings (SSSR count). The van der Waals surface area contributed by atoms with E-state index in [2.05, 4.69) is 4.98 Å². The average Bonchev–Trinajstić information content (AvgIpc) is 2.83. The first-order valence-corrected chi connectivity index (χ1v) is 12.4. The van der Waals surface area contributed by atoms with Crippen LogP contribution in [0.2, 0.25) is 5.02 Å². The van der Waals surface area contributed by atoms with Crippen LogP contribution in [-0.4, -0.2) is 27.7 Å². The predicted molar refractivity (Wildman–Crippen MR) is 130 cm³/mol. The number of nitrogens with zero attached hydrogens (tertiary/aromatic N) is 3. The van der Waals surface area contributed by atoms with Gasteiger partial charge in [-0.2, -0.15) is 0 Å². The summed E-state index contributed by atoms with van der Waals surface area (Å²) in [6, 6.07) is 12.2. The summed E-state index contributed by atoms with van der Waals surface area (Å²) < 4.78 is 6.88. The van der Waals surface area contributed by atoms with Crippen LogP contribution in [0, 0.1) is 0 Å². The Labute approximate surface area is 205 Å². The number of hydrogen-bond acceptors (Lipinski definition) is 6. The molecule has 1 aliphatic rings. The molecule has 0 aliphatic carbocycles. The van der Waals surface area contributed by atoms with Gasteiger partial charge in [-0.3, -0.25) is 19.4 Å². The third kappa shape index (κ3) is 4.33. The highest BCUT2D eigenvalue weighted by Crippen LogP contribution is 2.39. The molecule has 0 fully saturated rings. The molecule has 0 saturated carbocycles. The third-order valence-corrected chi connectivity index (χ3v) is 6.42. The molecule has 34 heavy (non-hydrogen) atoms. The molecule has 1 amide bonds. The Morgan fingerprint density at radius 1 is 1.18 bits per heavy atom. The molecule has 1 N–H and O–H groups in total. The number of ether oxygens (including phenoxy) is 1. The van der Waals surface area contributed by atoms with Crippen molar-refractivity contribution >= 4 is 40.9 Å². The molecule has 1 atom stereocenters. The SMILES string of the molecule is CCSc1n[n+]2c(c(=O)[nH]1)-c1ccccc1N(C(=O)CC)[C@H]2c1ccc(OC(=O)CC)c(Cl)c1. The fraction of sp³-hybridized carbons (Fsp3) is 0.292. The maximum Gasteiger partial charge on any atom is 0.325 e. The van der Waals surface area contributed by atoms with Crippen molar-refractivity contribution in [2.24, 2.45) is 0 Å². The predicted octanol–water partition coefficient (Wildman–Crippen LogP) is 4.11. The first kappa shape index (κ1) is 24.0. The van der Waals surface area contributed by atoms with Gasteiger partial charge in [-0.15, -0.1) is 0 Å². The van der Waals surface area contributed by atoms with E-state index in [4.69, 9.17) is 21.4 Å². The van der Waals surface area contributed by atoms with Crippen LogP contribution < -0.4 is 19.9 Å². The first-order valence-electron chi connectivity index (χ1n) is 11.0. The quantitative estimate of drug-likeness (QED) is 0.237. The fourth-order valence-corrected chi connectivity index (χ4v) is 4.68. The molecular weight excluding hydrogens is 476 g/mol. The van der Waals surface area contributed by atoms with E-state index in [-0.39, 0.29) is 35.1 Å². The minimum atomic E-state index is -0.760. The number of thioether (sulfide) groups is 1. The smallest absolute Gasteiger partial charge is 0.325 e. The van der Waals surface area contributed by atoms with E-state index in [1.54, 1.807) is 47.7 Å². The number of benzene rings is 2. The summed E-state index contributed by atoms with van der Waals surface area (Å²) >= 11 is 7.86. The highest BCUT2D eigenvalue weighted by Gasteiger charge is 2.45. The Kier molecular flexibility index (Phi) is 7.04. The van der Waals surface area contributed by atoms with Crippen LogP contribution in [0.4, 0.5) is 5.69 Å². The minimum absolute atomic E-state index is 0.139. The first-order chi connectivity index (χ1) is 16.4. The lowest BCUT2D eigenvalue weighted by Crippen LogP contribution is -2.60. The van der Waals surface area contributed by atoms with E-state index < -0.39 is 12.1 Å². The molecule has 176 valence electrons. The number of rotatable bonds is 6. The molecule has 0 saturated heterocycles. The lowest BCUT2D eigenvalue weighted by Gasteiger charge is -2.32. The van der Waals surface area contributed by atoms with Crippen molar-refractivity contribution in [3.8, 4) is 17.0 Å². The molecule has 3 aromatic rings. The van der Waals surface area contributed by atoms with E-state index in [9.17, 15) is 14.4 Å². The summed E-state index contributed by atoms with van der Waals surface area (Å²) in [5, 5.41) is 5.37. The second-order valence-electron chi connectivity index (χ2n) is 7.51. The van der Waals surface area contributed by atoms with Crippen molar-refractivity contribution in [3.05, 3.63) is 63.4 Å². The highest BCUT2D eigenvalue weighted by molar-refractivity contribution is 7.99. The van der Waals surface area contributed by atoms with E-state index >= 15 is 0 Å².